The van der Waals surface area contributed by atoms with Crippen LogP contribution in [0.25, 0.3) is 0 Å². The van der Waals surface area contributed by atoms with Crippen LogP contribution < -0.4 is 16.4 Å². The van der Waals surface area contributed by atoms with Gasteiger partial charge in [-0.1, -0.05) is 85.2 Å². The van der Waals surface area contributed by atoms with E-state index < -0.39 is 66.2 Å². The number of amides is 6. The molecule has 15 heteroatoms. The molecule has 2 saturated heterocycles. The van der Waals surface area contributed by atoms with E-state index in [2.05, 4.69) is 10.6 Å². The molecule has 0 aliphatic carbocycles. The predicted octanol–water partition coefficient (Wildman–Crippen LogP) is 2.84. The molecule has 0 radical (unpaired) electrons. The number of ether oxygens (including phenoxy) is 2. The van der Waals surface area contributed by atoms with Crippen LogP contribution in [0.5, 0.6) is 0 Å². The van der Waals surface area contributed by atoms with Crippen LogP contribution in [0.3, 0.4) is 0 Å². The lowest BCUT2D eigenvalue weighted by atomic mass is 9.89. The van der Waals surface area contributed by atoms with Gasteiger partial charge in [-0.25, -0.2) is 0 Å². The molecule has 60 heavy (non-hydrogen) atoms. The van der Waals surface area contributed by atoms with E-state index in [0.717, 1.165) is 5.56 Å². The maximum atomic E-state index is 14.4. The number of primary amides is 1. The monoisotopic (exact) mass is 842 g/mol. The Morgan fingerprint density at radius 3 is 1.98 bits per heavy atom. The molecule has 7 unspecified atom stereocenters. The number of carbonyl (C=O) groups is 6. The zero-order valence-corrected chi connectivity index (χ0v) is 38.3. The van der Waals surface area contributed by atoms with Gasteiger partial charge in [-0.05, 0) is 63.1 Å². The van der Waals surface area contributed by atoms with Gasteiger partial charge in [0.05, 0.1) is 42.7 Å². The van der Waals surface area contributed by atoms with Gasteiger partial charge in [0.1, 0.15) is 18.1 Å². The second-order valence-electron chi connectivity index (χ2n) is 17.8. The summed E-state index contributed by atoms with van der Waals surface area (Å²) in [6, 6.07) is 5.56. The quantitative estimate of drug-likeness (QED) is 0.158. The summed E-state index contributed by atoms with van der Waals surface area (Å²) in [4.78, 5) is 89.2. The van der Waals surface area contributed by atoms with Crippen LogP contribution in [0.15, 0.2) is 30.3 Å². The maximum absolute atomic E-state index is 14.4. The van der Waals surface area contributed by atoms with Crippen LogP contribution in [0.2, 0.25) is 0 Å². The van der Waals surface area contributed by atoms with Crippen molar-refractivity contribution < 1.29 is 38.2 Å². The van der Waals surface area contributed by atoms with Gasteiger partial charge in [-0.15, -0.1) is 0 Å². The first-order chi connectivity index (χ1) is 28.3. The largest absolute Gasteiger partial charge is 0.379 e. The molecule has 338 valence electrons. The second kappa shape index (κ2) is 23.2. The van der Waals surface area contributed by atoms with Crippen molar-refractivity contribution in [2.75, 3.05) is 48.5 Å². The Kier molecular flexibility index (Phi) is 19.5. The van der Waals surface area contributed by atoms with Gasteiger partial charge >= 0.3 is 0 Å². The summed E-state index contributed by atoms with van der Waals surface area (Å²) < 4.78 is 12.1. The van der Waals surface area contributed by atoms with Crippen molar-refractivity contribution in [1.82, 2.24) is 30.2 Å². The van der Waals surface area contributed by atoms with E-state index in [9.17, 15) is 28.8 Å². The number of likely N-dealkylation sites (N-methyl/N-ethyl adjacent to an activating group) is 2. The molecule has 3 rings (SSSR count). The molecular weight excluding hydrogens is 767 g/mol. The van der Waals surface area contributed by atoms with Crippen LogP contribution in [0.4, 0.5) is 0 Å². The fraction of sp³-hybridized carbons (Fsp3) is 0.733. The van der Waals surface area contributed by atoms with E-state index in [1.165, 1.54) is 12.0 Å². The van der Waals surface area contributed by atoms with Crippen molar-refractivity contribution in [3.8, 4) is 0 Å². The Bertz CT molecular complexity index is 1580. The van der Waals surface area contributed by atoms with E-state index in [-0.39, 0.29) is 54.2 Å². The molecule has 2 heterocycles. The topological polar surface area (TPSA) is 184 Å². The summed E-state index contributed by atoms with van der Waals surface area (Å²) in [5, 5.41) is 6.01. The van der Waals surface area contributed by atoms with Crippen LogP contribution >= 0.6 is 0 Å². The van der Waals surface area contributed by atoms with E-state index >= 15 is 0 Å². The van der Waals surface area contributed by atoms with Crippen LogP contribution in [-0.4, -0.2) is 152 Å². The molecular formula is C45H75N7O8. The summed E-state index contributed by atoms with van der Waals surface area (Å²) in [6.45, 7) is 14.4. The fourth-order valence-electron chi connectivity index (χ4n) is 9.29. The number of likely N-dealkylation sites (tertiary alicyclic amines) is 2. The van der Waals surface area contributed by atoms with Crippen molar-refractivity contribution in [3.63, 3.8) is 0 Å². The van der Waals surface area contributed by atoms with Crippen molar-refractivity contribution in [3.05, 3.63) is 35.9 Å². The Hall–Kier alpha value is -4.08. The third-order valence-corrected chi connectivity index (χ3v) is 12.7. The second-order valence-corrected chi connectivity index (χ2v) is 17.8. The highest BCUT2D eigenvalue weighted by atomic mass is 16.5. The molecule has 1 aromatic carbocycles. The number of carbonyl (C=O) groups excluding carboxylic acids is 6. The zero-order chi connectivity index (χ0) is 45.0. The van der Waals surface area contributed by atoms with E-state index in [0.29, 0.717) is 45.2 Å². The van der Waals surface area contributed by atoms with Crippen LogP contribution in [-0.2, 0) is 44.7 Å². The van der Waals surface area contributed by atoms with Gasteiger partial charge < -0.3 is 40.5 Å². The molecule has 4 N–H and O–H groups in total. The number of benzene rings is 1. The zero-order valence-electron chi connectivity index (χ0n) is 38.3. The lowest BCUT2D eigenvalue weighted by Gasteiger charge is -2.41. The minimum absolute atomic E-state index is 0.0179. The first-order valence-electron chi connectivity index (χ1n) is 21.8. The lowest BCUT2D eigenvalue weighted by Crippen LogP contribution is -2.59. The van der Waals surface area contributed by atoms with E-state index in [1.54, 1.807) is 30.9 Å². The SMILES string of the molecule is CCC(C)C(C(CC(=O)N1CCCC1C(OC)C(C)C(=O)N[C@@H](Cc1ccccc1)C(=O)N1CCC[C@@H]1C(N)=O)OC)N(C)C(=O)[C@@H](NC(=O)C(C(C)C)N(C)C)C(C)C. The average molecular weight is 842 g/mol. The van der Waals surface area contributed by atoms with Gasteiger partial charge in [0, 0.05) is 40.8 Å². The molecule has 15 nitrogen and oxygen atoms in total. The maximum Gasteiger partial charge on any atom is 0.246 e. The number of nitrogens with one attached hydrogen (secondary N) is 2. The van der Waals surface area contributed by atoms with Gasteiger partial charge in [0.2, 0.25) is 35.4 Å². The smallest absolute Gasteiger partial charge is 0.246 e. The molecule has 10 atom stereocenters. The summed E-state index contributed by atoms with van der Waals surface area (Å²) in [5.74, 6) is -2.99. The fourth-order valence-corrected chi connectivity index (χ4v) is 9.29. The Balaban J connectivity index is 1.82. The molecule has 6 amide bonds. The van der Waals surface area contributed by atoms with E-state index in [1.807, 2.05) is 90.9 Å². The van der Waals surface area contributed by atoms with Crippen LogP contribution in [0.1, 0.15) is 92.6 Å². The first kappa shape index (κ1) is 50.3. The molecule has 2 aliphatic heterocycles. The summed E-state index contributed by atoms with van der Waals surface area (Å²) >= 11 is 0. The van der Waals surface area contributed by atoms with Crippen LogP contribution in [0, 0.1) is 23.7 Å². The molecule has 0 bridgehead atoms. The van der Waals surface area contributed by atoms with Gasteiger partial charge in [0.25, 0.3) is 0 Å². The Morgan fingerprint density at radius 2 is 1.45 bits per heavy atom. The first-order valence-corrected chi connectivity index (χ1v) is 21.8. The number of hydrogen-bond acceptors (Lipinski definition) is 9. The molecule has 1 aromatic rings. The van der Waals surface area contributed by atoms with Gasteiger partial charge in [-0.3, -0.25) is 33.7 Å². The molecule has 2 aliphatic rings. The minimum Gasteiger partial charge on any atom is -0.379 e. The molecule has 0 aromatic heterocycles. The summed E-state index contributed by atoms with van der Waals surface area (Å²) in [5.41, 5.74) is 6.50. The summed E-state index contributed by atoms with van der Waals surface area (Å²) in [7, 11) is 8.48. The summed E-state index contributed by atoms with van der Waals surface area (Å²) in [6.07, 6.45) is 1.97. The number of nitrogens with two attached hydrogens (primary N) is 1. The van der Waals surface area contributed by atoms with Crippen molar-refractivity contribution in [1.29, 1.82) is 0 Å². The highest BCUT2D eigenvalue weighted by Crippen LogP contribution is 2.30. The van der Waals surface area contributed by atoms with Gasteiger partial charge in [0.15, 0.2) is 0 Å². The third kappa shape index (κ3) is 12.5. The van der Waals surface area contributed by atoms with Crippen molar-refractivity contribution >= 4 is 35.4 Å². The van der Waals surface area contributed by atoms with Gasteiger partial charge in [-0.2, -0.15) is 0 Å². The number of methoxy groups -OCH3 is 2. The highest BCUT2D eigenvalue weighted by molar-refractivity contribution is 5.93. The number of hydrogen-bond donors (Lipinski definition) is 3. The third-order valence-electron chi connectivity index (χ3n) is 12.7. The van der Waals surface area contributed by atoms with E-state index in [4.69, 9.17) is 15.2 Å². The molecule has 0 spiro atoms. The number of nitrogens with zero attached hydrogens (tertiary/aromatic N) is 4. The predicted molar refractivity (Wildman–Crippen MR) is 231 cm³/mol. The number of rotatable bonds is 22. The Labute approximate surface area is 358 Å². The van der Waals surface area contributed by atoms with Crippen molar-refractivity contribution in [2.45, 2.75) is 142 Å². The normalized spacial score (nSPS) is 20.9. The molecule has 0 saturated carbocycles. The molecule has 2 fully saturated rings. The minimum atomic E-state index is -0.950. The highest BCUT2D eigenvalue weighted by Gasteiger charge is 2.44. The average Bonchev–Trinajstić information content (AvgIpc) is 3.90. The standard InChI is InChI=1S/C45H75N7O8/c1-13-29(6)39(50(10)45(58)37(27(2)3)48-43(56)38(28(4)5)49(8)9)35(59-11)26-36(53)51-23-17-21-33(51)40(60-12)30(7)42(55)47-32(25-31-19-15-14-16-20-31)44(57)52-24-18-22-34(52)41(46)54/h14-16,19-20,27-30,32-35,37-40H,13,17-18,21-26H2,1-12H3,(H2,46,54)(H,47,55)(H,48,56)/t29?,30?,32-,33?,34+,35?,37-,38?,39?,40?/m0/s1. The lowest BCUT2D eigenvalue weighted by molar-refractivity contribution is -0.148. The van der Waals surface area contributed by atoms with Crippen molar-refractivity contribution in [2.24, 2.45) is 29.4 Å². The Morgan fingerprint density at radius 1 is 0.833 bits per heavy atom.